The second-order valence-corrected chi connectivity index (χ2v) is 6.19. The zero-order valence-corrected chi connectivity index (χ0v) is 12.8. The highest BCUT2D eigenvalue weighted by Crippen LogP contribution is 2.18. The lowest BCUT2D eigenvalue weighted by Gasteiger charge is -2.26. The van der Waals surface area contributed by atoms with Crippen molar-refractivity contribution < 1.29 is 4.79 Å². The topological polar surface area (TPSA) is 46.1 Å². The molecule has 1 saturated heterocycles. The third kappa shape index (κ3) is 3.08. The summed E-state index contributed by atoms with van der Waals surface area (Å²) < 4.78 is 0. The molecule has 2 heterocycles. The van der Waals surface area contributed by atoms with E-state index in [2.05, 4.69) is 9.97 Å². The van der Waals surface area contributed by atoms with Crippen molar-refractivity contribution in [2.24, 2.45) is 0 Å². The Labute approximate surface area is 128 Å². The van der Waals surface area contributed by atoms with E-state index in [1.54, 1.807) is 6.20 Å². The number of carbonyl (C=O) groups is 1. The number of rotatable bonds is 2. The molecule has 1 aromatic carbocycles. The van der Waals surface area contributed by atoms with Crippen LogP contribution in [-0.4, -0.2) is 45.4 Å². The molecule has 0 saturated carbocycles. The molecule has 21 heavy (non-hydrogen) atoms. The molecule has 5 heteroatoms. The number of hydrogen-bond acceptors (Lipinski definition) is 4. The Bertz CT molecular complexity index is 639. The average molecular weight is 299 g/mol. The Hall–Kier alpha value is -1.88. The normalized spacial score (nSPS) is 15.0. The van der Waals surface area contributed by atoms with Crippen LogP contribution in [0.2, 0.25) is 0 Å². The van der Waals surface area contributed by atoms with Crippen molar-refractivity contribution in [1.29, 1.82) is 0 Å². The minimum Gasteiger partial charge on any atom is -0.337 e. The molecule has 1 aromatic heterocycles. The van der Waals surface area contributed by atoms with Gasteiger partial charge in [-0.2, -0.15) is 11.8 Å². The Morgan fingerprint density at radius 2 is 1.90 bits per heavy atom. The van der Waals surface area contributed by atoms with E-state index >= 15 is 0 Å². The van der Waals surface area contributed by atoms with E-state index in [1.807, 2.05) is 53.9 Å². The fraction of sp³-hybridized carbons (Fsp3) is 0.312. The largest absolute Gasteiger partial charge is 0.337 e. The highest BCUT2D eigenvalue weighted by molar-refractivity contribution is 7.99. The molecule has 0 N–H and O–H groups in total. The van der Waals surface area contributed by atoms with Crippen molar-refractivity contribution in [3.8, 4) is 11.4 Å². The predicted molar refractivity (Wildman–Crippen MR) is 85.4 cm³/mol. The van der Waals surface area contributed by atoms with Gasteiger partial charge in [0, 0.05) is 36.4 Å². The summed E-state index contributed by atoms with van der Waals surface area (Å²) in [4.78, 5) is 23.3. The van der Waals surface area contributed by atoms with Gasteiger partial charge in [0.1, 0.15) is 0 Å². The summed E-state index contributed by atoms with van der Waals surface area (Å²) in [5.41, 5.74) is 2.32. The summed E-state index contributed by atoms with van der Waals surface area (Å²) in [6, 6.07) is 9.82. The third-order valence-electron chi connectivity index (χ3n) is 3.54. The summed E-state index contributed by atoms with van der Waals surface area (Å²) in [6.07, 6.45) is 1.66. The second-order valence-electron chi connectivity index (χ2n) is 4.96. The predicted octanol–water partition coefficient (Wildman–Crippen LogP) is 2.64. The van der Waals surface area contributed by atoms with Gasteiger partial charge in [0.25, 0.3) is 5.91 Å². The summed E-state index contributed by atoms with van der Waals surface area (Å²) in [5, 5.41) is 0. The maximum absolute atomic E-state index is 12.5. The van der Waals surface area contributed by atoms with E-state index in [-0.39, 0.29) is 5.91 Å². The number of amides is 1. The summed E-state index contributed by atoms with van der Waals surface area (Å²) >= 11 is 1.89. The Morgan fingerprint density at radius 3 is 2.57 bits per heavy atom. The van der Waals surface area contributed by atoms with E-state index in [9.17, 15) is 4.79 Å². The van der Waals surface area contributed by atoms with Crippen molar-refractivity contribution in [2.45, 2.75) is 6.92 Å². The van der Waals surface area contributed by atoms with Crippen LogP contribution < -0.4 is 0 Å². The van der Waals surface area contributed by atoms with Crippen LogP contribution in [0.15, 0.2) is 36.5 Å². The SMILES string of the molecule is Cc1nc(-c2ccccc2)ncc1C(=O)N1CCSCC1. The van der Waals surface area contributed by atoms with Crippen molar-refractivity contribution in [3.05, 3.63) is 47.8 Å². The molecular formula is C16H17N3OS. The molecule has 1 amide bonds. The highest BCUT2D eigenvalue weighted by atomic mass is 32.2. The van der Waals surface area contributed by atoms with Crippen molar-refractivity contribution >= 4 is 17.7 Å². The minimum absolute atomic E-state index is 0.0485. The first kappa shape index (κ1) is 14.1. The molecule has 2 aromatic rings. The van der Waals surface area contributed by atoms with Gasteiger partial charge in [0.2, 0.25) is 0 Å². The number of hydrogen-bond donors (Lipinski definition) is 0. The van der Waals surface area contributed by atoms with Gasteiger partial charge < -0.3 is 4.90 Å². The van der Waals surface area contributed by atoms with Crippen LogP contribution in [0.3, 0.4) is 0 Å². The second kappa shape index (κ2) is 6.26. The quantitative estimate of drug-likeness (QED) is 0.855. The van der Waals surface area contributed by atoms with Crippen LogP contribution in [-0.2, 0) is 0 Å². The molecular weight excluding hydrogens is 282 g/mol. The fourth-order valence-corrected chi connectivity index (χ4v) is 3.24. The Morgan fingerprint density at radius 1 is 1.19 bits per heavy atom. The van der Waals surface area contributed by atoms with E-state index in [4.69, 9.17) is 0 Å². The molecule has 0 spiro atoms. The number of aryl methyl sites for hydroxylation is 1. The van der Waals surface area contributed by atoms with Gasteiger partial charge in [-0.1, -0.05) is 30.3 Å². The molecule has 0 bridgehead atoms. The van der Waals surface area contributed by atoms with Crippen LogP contribution in [0.25, 0.3) is 11.4 Å². The van der Waals surface area contributed by atoms with Gasteiger partial charge in [-0.3, -0.25) is 4.79 Å². The van der Waals surface area contributed by atoms with Gasteiger partial charge >= 0.3 is 0 Å². The fourth-order valence-electron chi connectivity index (χ4n) is 2.34. The van der Waals surface area contributed by atoms with Gasteiger partial charge in [0.05, 0.1) is 11.3 Å². The zero-order chi connectivity index (χ0) is 14.7. The molecule has 3 rings (SSSR count). The van der Waals surface area contributed by atoms with Gasteiger partial charge in [-0.15, -0.1) is 0 Å². The average Bonchev–Trinajstić information content (AvgIpc) is 2.56. The Kier molecular flexibility index (Phi) is 4.20. The molecule has 0 radical (unpaired) electrons. The summed E-state index contributed by atoms with van der Waals surface area (Å²) in [5.74, 6) is 2.73. The maximum atomic E-state index is 12.5. The van der Waals surface area contributed by atoms with Crippen molar-refractivity contribution in [2.75, 3.05) is 24.6 Å². The highest BCUT2D eigenvalue weighted by Gasteiger charge is 2.21. The van der Waals surface area contributed by atoms with Crippen LogP contribution >= 0.6 is 11.8 Å². The van der Waals surface area contributed by atoms with Crippen LogP contribution in [0.5, 0.6) is 0 Å². The zero-order valence-electron chi connectivity index (χ0n) is 12.0. The third-order valence-corrected chi connectivity index (χ3v) is 4.48. The van der Waals surface area contributed by atoms with Crippen LogP contribution in [0, 0.1) is 6.92 Å². The molecule has 1 fully saturated rings. The van der Waals surface area contributed by atoms with E-state index in [1.165, 1.54) is 0 Å². The first-order valence-corrected chi connectivity index (χ1v) is 8.17. The molecule has 4 nitrogen and oxygen atoms in total. The lowest BCUT2D eigenvalue weighted by molar-refractivity contribution is 0.0770. The lowest BCUT2D eigenvalue weighted by Crippen LogP contribution is -2.38. The van der Waals surface area contributed by atoms with E-state index in [0.29, 0.717) is 11.4 Å². The Balaban J connectivity index is 1.86. The van der Waals surface area contributed by atoms with Crippen LogP contribution in [0.4, 0.5) is 0 Å². The van der Waals surface area contributed by atoms with E-state index < -0.39 is 0 Å². The van der Waals surface area contributed by atoms with Crippen molar-refractivity contribution in [3.63, 3.8) is 0 Å². The molecule has 0 atom stereocenters. The van der Waals surface area contributed by atoms with Gasteiger partial charge in [0.15, 0.2) is 5.82 Å². The minimum atomic E-state index is 0.0485. The first-order chi connectivity index (χ1) is 10.3. The van der Waals surface area contributed by atoms with E-state index in [0.717, 1.165) is 35.9 Å². The molecule has 1 aliphatic heterocycles. The smallest absolute Gasteiger partial charge is 0.257 e. The monoisotopic (exact) mass is 299 g/mol. The number of thioether (sulfide) groups is 1. The summed E-state index contributed by atoms with van der Waals surface area (Å²) in [7, 11) is 0. The maximum Gasteiger partial charge on any atom is 0.257 e. The number of benzene rings is 1. The number of carbonyl (C=O) groups excluding carboxylic acids is 1. The number of nitrogens with zero attached hydrogens (tertiary/aromatic N) is 3. The molecule has 0 aliphatic carbocycles. The molecule has 0 unspecified atom stereocenters. The standard InChI is InChI=1S/C16H17N3OS/c1-12-14(16(20)19-7-9-21-10-8-19)11-17-15(18-12)13-5-3-2-4-6-13/h2-6,11H,7-10H2,1H3. The van der Waals surface area contributed by atoms with Crippen molar-refractivity contribution in [1.82, 2.24) is 14.9 Å². The molecule has 1 aliphatic rings. The first-order valence-electron chi connectivity index (χ1n) is 7.02. The van der Waals surface area contributed by atoms with Gasteiger partial charge in [-0.25, -0.2) is 9.97 Å². The van der Waals surface area contributed by atoms with Crippen LogP contribution in [0.1, 0.15) is 16.1 Å². The number of aromatic nitrogens is 2. The summed E-state index contributed by atoms with van der Waals surface area (Å²) in [6.45, 7) is 3.49. The van der Waals surface area contributed by atoms with Gasteiger partial charge in [-0.05, 0) is 6.92 Å². The lowest BCUT2D eigenvalue weighted by atomic mass is 10.1. The molecule has 108 valence electrons.